The largest absolute Gasteiger partial charge is 0.303 e. The Balaban J connectivity index is 2.14. The van der Waals surface area contributed by atoms with Gasteiger partial charge in [0, 0.05) is 12.0 Å². The maximum atomic E-state index is 10.9. The molecule has 2 heteroatoms. The van der Waals surface area contributed by atoms with Crippen molar-refractivity contribution < 1.29 is 4.79 Å². The van der Waals surface area contributed by atoms with Gasteiger partial charge in [-0.25, -0.2) is 0 Å². The average molecular weight is 207 g/mol. The number of hydrogen-bond acceptors (Lipinski definition) is 2. The van der Waals surface area contributed by atoms with Crippen LogP contribution in [-0.4, -0.2) is 30.3 Å². The van der Waals surface area contributed by atoms with E-state index < -0.39 is 0 Å². The summed E-state index contributed by atoms with van der Waals surface area (Å²) >= 11 is 0. The lowest BCUT2D eigenvalue weighted by Crippen LogP contribution is -2.46. The van der Waals surface area contributed by atoms with Crippen LogP contribution in [0.15, 0.2) is 12.2 Å². The number of hydrogen-bond donors (Lipinski definition) is 0. The summed E-state index contributed by atoms with van der Waals surface area (Å²) in [6.07, 6.45) is 9.06. The predicted molar refractivity (Wildman–Crippen MR) is 61.7 cm³/mol. The molecule has 2 atom stereocenters. The van der Waals surface area contributed by atoms with Gasteiger partial charge in [0.25, 0.3) is 0 Å². The summed E-state index contributed by atoms with van der Waals surface area (Å²) < 4.78 is 0. The molecule has 2 unspecified atom stereocenters. The zero-order valence-corrected chi connectivity index (χ0v) is 9.78. The van der Waals surface area contributed by atoms with Gasteiger partial charge in [0.15, 0.2) is 0 Å². The summed E-state index contributed by atoms with van der Waals surface area (Å²) in [5, 5.41) is 0. The minimum Gasteiger partial charge on any atom is -0.303 e. The maximum absolute atomic E-state index is 10.9. The molecule has 1 fully saturated rings. The van der Waals surface area contributed by atoms with Crippen molar-refractivity contribution in [3.63, 3.8) is 0 Å². The lowest BCUT2D eigenvalue weighted by atomic mass is 9.74. The molecule has 1 aliphatic carbocycles. The average Bonchev–Trinajstić information content (AvgIpc) is 2.70. The second-order valence-electron chi connectivity index (χ2n) is 5.47. The van der Waals surface area contributed by atoms with E-state index >= 15 is 0 Å². The van der Waals surface area contributed by atoms with Gasteiger partial charge in [-0.1, -0.05) is 26.0 Å². The Morgan fingerprint density at radius 3 is 2.60 bits per heavy atom. The normalized spacial score (nSPS) is 35.6. The second-order valence-corrected chi connectivity index (χ2v) is 5.47. The third-order valence-corrected chi connectivity index (χ3v) is 3.88. The Morgan fingerprint density at radius 2 is 2.00 bits per heavy atom. The summed E-state index contributed by atoms with van der Waals surface area (Å²) in [6.45, 7) is 7.00. The smallest absolute Gasteiger partial charge is 0.126 e. The Kier molecular flexibility index (Phi) is 2.96. The van der Waals surface area contributed by atoms with Crippen LogP contribution in [-0.2, 0) is 4.79 Å². The molecule has 84 valence electrons. The van der Waals surface area contributed by atoms with E-state index in [0.717, 1.165) is 12.7 Å². The van der Waals surface area contributed by atoms with Crippen molar-refractivity contribution in [1.29, 1.82) is 0 Å². The van der Waals surface area contributed by atoms with Crippen molar-refractivity contribution >= 4 is 6.29 Å². The summed E-state index contributed by atoms with van der Waals surface area (Å²) in [6, 6.07) is 0.556. The van der Waals surface area contributed by atoms with Crippen LogP contribution in [0, 0.1) is 11.3 Å². The fourth-order valence-corrected chi connectivity index (χ4v) is 2.90. The van der Waals surface area contributed by atoms with Gasteiger partial charge in [0.1, 0.15) is 6.29 Å². The van der Waals surface area contributed by atoms with Crippen molar-refractivity contribution in [3.05, 3.63) is 12.2 Å². The molecule has 0 amide bonds. The number of allylic oxidation sites excluding steroid dienone is 1. The van der Waals surface area contributed by atoms with Crippen molar-refractivity contribution in [2.75, 3.05) is 13.1 Å². The number of carbonyl (C=O) groups is 1. The molecule has 0 saturated carbocycles. The van der Waals surface area contributed by atoms with E-state index in [2.05, 4.69) is 30.9 Å². The van der Waals surface area contributed by atoms with Crippen LogP contribution in [0.4, 0.5) is 0 Å². The first-order valence-corrected chi connectivity index (χ1v) is 6.02. The molecule has 15 heavy (non-hydrogen) atoms. The summed E-state index contributed by atoms with van der Waals surface area (Å²) in [5.74, 6) is 0.142. The zero-order valence-electron chi connectivity index (χ0n) is 9.78. The van der Waals surface area contributed by atoms with E-state index in [1.54, 1.807) is 0 Å². The predicted octanol–water partition coefficient (Wildman–Crippen LogP) is 2.25. The minimum absolute atomic E-state index is 0.142. The second kappa shape index (κ2) is 4.09. The van der Waals surface area contributed by atoms with Gasteiger partial charge < -0.3 is 4.79 Å². The standard InChI is InChI=1S/C13H21NO/c1-13(2)6-5-11(10-15)9-12(13)14-7-3-4-8-14/h5-6,10-12H,3-4,7-9H2,1-2H3. The Hall–Kier alpha value is -0.630. The molecule has 0 aromatic rings. The number of carbonyl (C=O) groups excluding carboxylic acids is 1. The highest BCUT2D eigenvalue weighted by atomic mass is 16.1. The highest BCUT2D eigenvalue weighted by Crippen LogP contribution is 2.37. The summed E-state index contributed by atoms with van der Waals surface area (Å²) in [7, 11) is 0. The number of rotatable bonds is 2. The Labute approximate surface area is 92.3 Å². The third-order valence-electron chi connectivity index (χ3n) is 3.88. The zero-order chi connectivity index (χ0) is 10.9. The molecule has 0 spiro atoms. The van der Waals surface area contributed by atoms with Gasteiger partial charge in [-0.15, -0.1) is 0 Å². The van der Waals surface area contributed by atoms with E-state index in [-0.39, 0.29) is 11.3 Å². The Bertz CT molecular complexity index is 264. The molecule has 0 aromatic heterocycles. The molecule has 1 saturated heterocycles. The molecule has 0 bridgehead atoms. The fraction of sp³-hybridized carbons (Fsp3) is 0.769. The quantitative estimate of drug-likeness (QED) is 0.511. The first-order valence-electron chi connectivity index (χ1n) is 6.02. The molecule has 1 heterocycles. The van der Waals surface area contributed by atoms with Gasteiger partial charge in [-0.3, -0.25) is 4.90 Å². The molecule has 2 nitrogen and oxygen atoms in total. The lowest BCUT2D eigenvalue weighted by Gasteiger charge is -2.42. The molecule has 1 aliphatic heterocycles. The van der Waals surface area contributed by atoms with Crippen molar-refractivity contribution in [2.45, 2.75) is 39.2 Å². The van der Waals surface area contributed by atoms with Crippen LogP contribution in [0.1, 0.15) is 33.1 Å². The topological polar surface area (TPSA) is 20.3 Å². The van der Waals surface area contributed by atoms with Crippen LogP contribution in [0.3, 0.4) is 0 Å². The summed E-state index contributed by atoms with van der Waals surface area (Å²) in [5.41, 5.74) is 0.226. The highest BCUT2D eigenvalue weighted by Gasteiger charge is 2.37. The van der Waals surface area contributed by atoms with Gasteiger partial charge in [0.05, 0.1) is 0 Å². The monoisotopic (exact) mass is 207 g/mol. The van der Waals surface area contributed by atoms with Gasteiger partial charge in [-0.2, -0.15) is 0 Å². The van der Waals surface area contributed by atoms with Crippen LogP contribution in [0.5, 0.6) is 0 Å². The number of aldehydes is 1. The number of nitrogens with zero attached hydrogens (tertiary/aromatic N) is 1. The summed E-state index contributed by atoms with van der Waals surface area (Å²) in [4.78, 5) is 13.4. The third kappa shape index (κ3) is 2.15. The maximum Gasteiger partial charge on any atom is 0.126 e. The molecule has 2 aliphatic rings. The Morgan fingerprint density at radius 1 is 1.33 bits per heavy atom. The van der Waals surface area contributed by atoms with Crippen molar-refractivity contribution in [2.24, 2.45) is 11.3 Å². The fourth-order valence-electron chi connectivity index (χ4n) is 2.90. The van der Waals surface area contributed by atoms with Crippen molar-refractivity contribution in [3.8, 4) is 0 Å². The van der Waals surface area contributed by atoms with Crippen molar-refractivity contribution in [1.82, 2.24) is 4.90 Å². The minimum atomic E-state index is 0.142. The van der Waals surface area contributed by atoms with Gasteiger partial charge in [0.2, 0.25) is 0 Å². The molecule has 0 aromatic carbocycles. The molecule has 0 radical (unpaired) electrons. The van der Waals surface area contributed by atoms with Gasteiger partial charge >= 0.3 is 0 Å². The van der Waals surface area contributed by atoms with Crippen LogP contribution >= 0.6 is 0 Å². The van der Waals surface area contributed by atoms with E-state index in [1.807, 2.05) is 0 Å². The molecular formula is C13H21NO. The molecular weight excluding hydrogens is 186 g/mol. The highest BCUT2D eigenvalue weighted by molar-refractivity contribution is 5.57. The van der Waals surface area contributed by atoms with E-state index in [0.29, 0.717) is 6.04 Å². The van der Waals surface area contributed by atoms with Crippen LogP contribution < -0.4 is 0 Å². The number of likely N-dealkylation sites (tertiary alicyclic amines) is 1. The van der Waals surface area contributed by atoms with E-state index in [9.17, 15) is 4.79 Å². The first kappa shape index (κ1) is 10.9. The van der Waals surface area contributed by atoms with E-state index in [4.69, 9.17) is 0 Å². The first-order chi connectivity index (χ1) is 7.13. The molecule has 2 rings (SSSR count). The lowest BCUT2D eigenvalue weighted by molar-refractivity contribution is -0.110. The molecule has 0 N–H and O–H groups in total. The van der Waals surface area contributed by atoms with Crippen LogP contribution in [0.2, 0.25) is 0 Å². The van der Waals surface area contributed by atoms with Crippen LogP contribution in [0.25, 0.3) is 0 Å². The van der Waals surface area contributed by atoms with Gasteiger partial charge in [-0.05, 0) is 37.8 Å². The van der Waals surface area contributed by atoms with E-state index in [1.165, 1.54) is 25.9 Å². The SMILES string of the molecule is CC1(C)C=CC(C=O)CC1N1CCCC1.